The second-order valence-corrected chi connectivity index (χ2v) is 6.81. The third-order valence-electron chi connectivity index (χ3n) is 3.63. The average molecular weight is 276 g/mol. The van der Waals surface area contributed by atoms with Gasteiger partial charge in [0, 0.05) is 24.7 Å². The maximum Gasteiger partial charge on any atom is 0.119 e. The summed E-state index contributed by atoms with van der Waals surface area (Å²) in [4.78, 5) is 2.39. The minimum Gasteiger partial charge on any atom is -0.492 e. The van der Waals surface area contributed by atoms with Gasteiger partial charge in [-0.1, -0.05) is 12.1 Å². The number of likely N-dealkylation sites (N-methyl/N-ethyl adjacent to an activating group) is 1. The van der Waals surface area contributed by atoms with Crippen LogP contribution in [0.15, 0.2) is 24.3 Å². The van der Waals surface area contributed by atoms with Crippen LogP contribution in [0, 0.1) is 0 Å². The molecule has 0 atom stereocenters. The quantitative estimate of drug-likeness (QED) is 0.828. The van der Waals surface area contributed by atoms with Gasteiger partial charge in [-0.3, -0.25) is 0 Å². The van der Waals surface area contributed by atoms with Gasteiger partial charge in [0.25, 0.3) is 0 Å². The van der Waals surface area contributed by atoms with Gasteiger partial charge >= 0.3 is 0 Å². The minimum absolute atomic E-state index is 0.155. The first kappa shape index (κ1) is 15.3. The zero-order valence-corrected chi connectivity index (χ0v) is 13.3. The molecule has 0 spiro atoms. The van der Waals surface area contributed by atoms with Crippen LogP contribution in [0.2, 0.25) is 0 Å². The van der Waals surface area contributed by atoms with Gasteiger partial charge in [-0.15, -0.1) is 0 Å². The van der Waals surface area contributed by atoms with Crippen molar-refractivity contribution in [2.75, 3.05) is 20.2 Å². The van der Waals surface area contributed by atoms with E-state index < -0.39 is 0 Å². The molecule has 0 heterocycles. The van der Waals surface area contributed by atoms with Crippen LogP contribution in [0.25, 0.3) is 0 Å². The summed E-state index contributed by atoms with van der Waals surface area (Å²) in [6.45, 7) is 9.22. The lowest BCUT2D eigenvalue weighted by molar-refractivity contribution is 0.232. The monoisotopic (exact) mass is 276 g/mol. The Morgan fingerprint density at radius 2 is 1.85 bits per heavy atom. The van der Waals surface area contributed by atoms with Crippen molar-refractivity contribution in [1.82, 2.24) is 10.2 Å². The van der Waals surface area contributed by atoms with E-state index in [1.165, 1.54) is 18.4 Å². The second-order valence-electron chi connectivity index (χ2n) is 6.81. The van der Waals surface area contributed by atoms with E-state index in [1.807, 2.05) is 0 Å². The van der Waals surface area contributed by atoms with Gasteiger partial charge in [-0.25, -0.2) is 0 Å². The Kier molecular flexibility index (Phi) is 5.06. The first-order chi connectivity index (χ1) is 9.44. The number of ether oxygens (including phenoxy) is 1. The Balaban J connectivity index is 1.70. The van der Waals surface area contributed by atoms with Crippen molar-refractivity contribution < 1.29 is 4.74 Å². The summed E-state index contributed by atoms with van der Waals surface area (Å²) in [6, 6.07) is 9.22. The normalized spacial score (nSPS) is 15.7. The van der Waals surface area contributed by atoms with Crippen LogP contribution in [0.3, 0.4) is 0 Å². The molecular formula is C17H28N2O. The predicted octanol–water partition coefficient (Wildman–Crippen LogP) is 3.05. The standard InChI is InChI=1S/C17H28N2O/c1-17(2,3)18-13-14-5-9-16(10-6-14)20-12-11-19(4)15-7-8-15/h5-6,9-10,15,18H,7-8,11-13H2,1-4H3. The van der Waals surface area contributed by atoms with E-state index in [9.17, 15) is 0 Å². The molecule has 1 aliphatic carbocycles. The van der Waals surface area contributed by atoms with Crippen LogP contribution in [0.4, 0.5) is 0 Å². The fourth-order valence-electron chi connectivity index (χ4n) is 2.08. The second kappa shape index (κ2) is 6.59. The molecule has 1 aliphatic rings. The highest BCUT2D eigenvalue weighted by Gasteiger charge is 2.25. The molecule has 0 unspecified atom stereocenters. The number of nitrogens with one attached hydrogen (secondary N) is 1. The maximum atomic E-state index is 5.79. The molecule has 1 saturated carbocycles. The highest BCUT2D eigenvalue weighted by atomic mass is 16.5. The molecule has 20 heavy (non-hydrogen) atoms. The molecule has 0 saturated heterocycles. The molecule has 0 aromatic heterocycles. The lowest BCUT2D eigenvalue weighted by Crippen LogP contribution is -2.35. The zero-order chi connectivity index (χ0) is 14.6. The average Bonchev–Trinajstić information content (AvgIpc) is 3.21. The number of nitrogens with zero attached hydrogens (tertiary/aromatic N) is 1. The Bertz CT molecular complexity index is 404. The lowest BCUT2D eigenvalue weighted by Gasteiger charge is -2.20. The fourth-order valence-corrected chi connectivity index (χ4v) is 2.08. The van der Waals surface area contributed by atoms with Crippen molar-refractivity contribution in [1.29, 1.82) is 0 Å². The summed E-state index contributed by atoms with van der Waals surface area (Å²) >= 11 is 0. The van der Waals surface area contributed by atoms with Crippen LogP contribution in [0.5, 0.6) is 5.75 Å². The summed E-state index contributed by atoms with van der Waals surface area (Å²) in [5, 5.41) is 3.49. The zero-order valence-electron chi connectivity index (χ0n) is 13.3. The Morgan fingerprint density at radius 3 is 2.40 bits per heavy atom. The largest absolute Gasteiger partial charge is 0.492 e. The van der Waals surface area contributed by atoms with E-state index in [4.69, 9.17) is 4.74 Å². The molecule has 1 aromatic carbocycles. The third-order valence-corrected chi connectivity index (χ3v) is 3.63. The first-order valence-corrected chi connectivity index (χ1v) is 7.61. The van der Waals surface area contributed by atoms with E-state index >= 15 is 0 Å². The summed E-state index contributed by atoms with van der Waals surface area (Å²) in [7, 11) is 2.18. The molecule has 2 rings (SSSR count). The van der Waals surface area contributed by atoms with Gasteiger partial charge < -0.3 is 15.0 Å². The SMILES string of the molecule is CN(CCOc1ccc(CNC(C)(C)C)cc1)C1CC1. The lowest BCUT2D eigenvalue weighted by atomic mass is 10.1. The molecule has 3 nitrogen and oxygen atoms in total. The molecular weight excluding hydrogens is 248 g/mol. The highest BCUT2D eigenvalue weighted by molar-refractivity contribution is 5.27. The van der Waals surface area contributed by atoms with Crippen LogP contribution >= 0.6 is 0 Å². The molecule has 112 valence electrons. The van der Waals surface area contributed by atoms with Crippen LogP contribution < -0.4 is 10.1 Å². The molecule has 3 heteroatoms. The van der Waals surface area contributed by atoms with Gasteiger partial charge in [0.2, 0.25) is 0 Å². The smallest absolute Gasteiger partial charge is 0.119 e. The number of benzene rings is 1. The van der Waals surface area contributed by atoms with Crippen LogP contribution in [-0.2, 0) is 6.54 Å². The number of hydrogen-bond donors (Lipinski definition) is 1. The molecule has 0 aliphatic heterocycles. The third kappa shape index (κ3) is 5.51. The van der Waals surface area contributed by atoms with Gasteiger partial charge in [-0.05, 0) is 58.4 Å². The van der Waals surface area contributed by atoms with Gasteiger partial charge in [0.15, 0.2) is 0 Å². The van der Waals surface area contributed by atoms with Crippen molar-refractivity contribution in [3.8, 4) is 5.75 Å². The van der Waals surface area contributed by atoms with E-state index in [0.29, 0.717) is 0 Å². The summed E-state index contributed by atoms with van der Waals surface area (Å²) < 4.78 is 5.79. The van der Waals surface area contributed by atoms with Crippen molar-refractivity contribution >= 4 is 0 Å². The summed E-state index contributed by atoms with van der Waals surface area (Å²) in [6.07, 6.45) is 2.71. The van der Waals surface area contributed by atoms with E-state index in [2.05, 4.69) is 62.3 Å². The predicted molar refractivity (Wildman–Crippen MR) is 84.2 cm³/mol. The van der Waals surface area contributed by atoms with Gasteiger partial charge in [-0.2, -0.15) is 0 Å². The summed E-state index contributed by atoms with van der Waals surface area (Å²) in [5.74, 6) is 0.966. The van der Waals surface area contributed by atoms with Crippen LogP contribution in [-0.4, -0.2) is 36.7 Å². The molecule has 0 amide bonds. The number of hydrogen-bond acceptors (Lipinski definition) is 3. The minimum atomic E-state index is 0.155. The Hall–Kier alpha value is -1.06. The maximum absolute atomic E-state index is 5.79. The fraction of sp³-hybridized carbons (Fsp3) is 0.647. The van der Waals surface area contributed by atoms with Gasteiger partial charge in [0.05, 0.1) is 0 Å². The molecule has 1 fully saturated rings. The van der Waals surface area contributed by atoms with Gasteiger partial charge in [0.1, 0.15) is 12.4 Å². The first-order valence-electron chi connectivity index (χ1n) is 7.61. The van der Waals surface area contributed by atoms with Crippen molar-refractivity contribution in [3.05, 3.63) is 29.8 Å². The summed E-state index contributed by atoms with van der Waals surface area (Å²) in [5.41, 5.74) is 1.45. The molecule has 0 bridgehead atoms. The topological polar surface area (TPSA) is 24.5 Å². The van der Waals surface area contributed by atoms with Crippen LogP contribution in [0.1, 0.15) is 39.2 Å². The highest BCUT2D eigenvalue weighted by Crippen LogP contribution is 2.24. The molecule has 1 aromatic rings. The van der Waals surface area contributed by atoms with E-state index in [-0.39, 0.29) is 5.54 Å². The Morgan fingerprint density at radius 1 is 1.20 bits per heavy atom. The number of rotatable bonds is 7. The van der Waals surface area contributed by atoms with E-state index in [0.717, 1.165) is 31.5 Å². The van der Waals surface area contributed by atoms with Crippen molar-refractivity contribution in [2.45, 2.75) is 51.7 Å². The van der Waals surface area contributed by atoms with E-state index in [1.54, 1.807) is 0 Å². The van der Waals surface area contributed by atoms with Crippen molar-refractivity contribution in [3.63, 3.8) is 0 Å². The van der Waals surface area contributed by atoms with Crippen molar-refractivity contribution in [2.24, 2.45) is 0 Å². The molecule has 0 radical (unpaired) electrons. The Labute approximate surface area is 123 Å². The molecule has 1 N–H and O–H groups in total.